The van der Waals surface area contributed by atoms with Crippen LogP contribution in [0.5, 0.6) is 5.75 Å². The predicted molar refractivity (Wildman–Crippen MR) is 89.5 cm³/mol. The van der Waals surface area contributed by atoms with Crippen LogP contribution in [0.4, 0.5) is 0 Å². The van der Waals surface area contributed by atoms with Crippen molar-refractivity contribution in [3.8, 4) is 5.75 Å². The summed E-state index contributed by atoms with van der Waals surface area (Å²) in [6, 6.07) is 3.62. The van der Waals surface area contributed by atoms with E-state index < -0.39 is 10.0 Å². The number of benzene rings is 1. The van der Waals surface area contributed by atoms with Crippen molar-refractivity contribution in [1.29, 1.82) is 0 Å². The number of morpholine rings is 1. The topological polar surface area (TPSA) is 67.9 Å². The molecule has 1 heterocycles. The molecule has 0 bridgehead atoms. The van der Waals surface area contributed by atoms with Gasteiger partial charge in [0.25, 0.3) is 0 Å². The van der Waals surface area contributed by atoms with E-state index in [1.165, 1.54) is 0 Å². The van der Waals surface area contributed by atoms with Gasteiger partial charge in [-0.1, -0.05) is 0 Å². The lowest BCUT2D eigenvalue weighted by atomic mass is 10.1. The van der Waals surface area contributed by atoms with Crippen LogP contribution >= 0.6 is 0 Å². The van der Waals surface area contributed by atoms with Gasteiger partial charge in [-0.2, -0.15) is 0 Å². The molecular weight excluding hydrogens is 316 g/mol. The van der Waals surface area contributed by atoms with Crippen LogP contribution in [0.25, 0.3) is 0 Å². The van der Waals surface area contributed by atoms with Gasteiger partial charge < -0.3 is 9.47 Å². The predicted octanol–water partition coefficient (Wildman–Crippen LogP) is 1.31. The van der Waals surface area contributed by atoms with Gasteiger partial charge in [-0.25, -0.2) is 13.1 Å². The van der Waals surface area contributed by atoms with E-state index in [2.05, 4.69) is 9.62 Å². The smallest absolute Gasteiger partial charge is 0.241 e. The number of hydrogen-bond acceptors (Lipinski definition) is 5. The first-order chi connectivity index (χ1) is 10.8. The molecule has 0 aromatic heterocycles. The summed E-state index contributed by atoms with van der Waals surface area (Å²) in [4.78, 5) is 2.58. The molecule has 0 amide bonds. The molecule has 0 aliphatic carbocycles. The van der Waals surface area contributed by atoms with Crippen LogP contribution in [0, 0.1) is 13.8 Å². The Hall–Kier alpha value is -1.15. The fraction of sp³-hybridized carbons (Fsp3) is 0.625. The van der Waals surface area contributed by atoms with Crippen molar-refractivity contribution in [2.45, 2.75) is 31.7 Å². The molecule has 6 nitrogen and oxygen atoms in total. The van der Waals surface area contributed by atoms with Crippen molar-refractivity contribution < 1.29 is 17.9 Å². The summed E-state index contributed by atoms with van der Waals surface area (Å²) in [5.41, 5.74) is 1.38. The van der Waals surface area contributed by atoms with Crippen LogP contribution in [0.2, 0.25) is 0 Å². The zero-order valence-electron chi connectivity index (χ0n) is 14.3. The van der Waals surface area contributed by atoms with Gasteiger partial charge in [0.15, 0.2) is 0 Å². The van der Waals surface area contributed by atoms with E-state index in [0.717, 1.165) is 13.1 Å². The summed E-state index contributed by atoms with van der Waals surface area (Å²) in [6.07, 6.45) is 0. The minimum Gasteiger partial charge on any atom is -0.497 e. The first-order valence-corrected chi connectivity index (χ1v) is 9.30. The third kappa shape index (κ3) is 4.44. The zero-order chi connectivity index (χ0) is 17.0. The lowest BCUT2D eigenvalue weighted by Gasteiger charge is -2.32. The van der Waals surface area contributed by atoms with E-state index in [1.807, 2.05) is 6.92 Å². The second-order valence-electron chi connectivity index (χ2n) is 5.94. The number of sulfonamides is 1. The molecule has 1 N–H and O–H groups in total. The number of aryl methyl sites for hydroxylation is 2. The fourth-order valence-electron chi connectivity index (χ4n) is 2.90. The summed E-state index contributed by atoms with van der Waals surface area (Å²) in [6.45, 7) is 9.06. The molecule has 0 radical (unpaired) electrons. The maximum absolute atomic E-state index is 12.7. The third-order valence-electron chi connectivity index (χ3n) is 4.18. The maximum atomic E-state index is 12.7. The Bertz CT molecular complexity index is 616. The van der Waals surface area contributed by atoms with Gasteiger partial charge in [0.1, 0.15) is 5.75 Å². The Morgan fingerprint density at radius 2 is 1.83 bits per heavy atom. The first kappa shape index (κ1) is 18.2. The molecule has 0 spiro atoms. The molecule has 23 heavy (non-hydrogen) atoms. The highest BCUT2D eigenvalue weighted by Gasteiger charge is 2.23. The molecule has 1 fully saturated rings. The summed E-state index contributed by atoms with van der Waals surface area (Å²) in [7, 11) is -1.97. The molecule has 1 aromatic carbocycles. The largest absolute Gasteiger partial charge is 0.497 e. The Morgan fingerprint density at radius 3 is 2.35 bits per heavy atom. The van der Waals surface area contributed by atoms with Crippen molar-refractivity contribution in [2.75, 3.05) is 40.0 Å². The quantitative estimate of drug-likeness (QED) is 0.844. The molecular formula is C16H26N2O4S. The van der Waals surface area contributed by atoms with E-state index in [4.69, 9.17) is 9.47 Å². The number of methoxy groups -OCH3 is 1. The average Bonchev–Trinajstić information content (AvgIpc) is 2.52. The van der Waals surface area contributed by atoms with Crippen LogP contribution in [0.3, 0.4) is 0 Å². The maximum Gasteiger partial charge on any atom is 0.241 e. The Kier molecular flexibility index (Phi) is 6.02. The second kappa shape index (κ2) is 7.61. The van der Waals surface area contributed by atoms with Gasteiger partial charge in [0.05, 0.1) is 25.2 Å². The summed E-state index contributed by atoms with van der Waals surface area (Å²) < 4.78 is 38.6. The number of ether oxygens (including phenoxy) is 2. The highest BCUT2D eigenvalue weighted by atomic mass is 32.2. The molecule has 7 heteroatoms. The second-order valence-corrected chi connectivity index (χ2v) is 7.64. The molecule has 0 saturated carbocycles. The average molecular weight is 342 g/mol. The number of hydrogen-bond donors (Lipinski definition) is 1. The number of nitrogens with zero attached hydrogens (tertiary/aromatic N) is 1. The Balaban J connectivity index is 2.10. The third-order valence-corrected chi connectivity index (χ3v) is 5.90. The molecule has 1 aliphatic rings. The Labute approximate surface area is 138 Å². The van der Waals surface area contributed by atoms with Crippen molar-refractivity contribution in [3.05, 3.63) is 23.3 Å². The zero-order valence-corrected chi connectivity index (χ0v) is 15.1. The molecule has 2 rings (SSSR count). The molecule has 1 aliphatic heterocycles. The Morgan fingerprint density at radius 1 is 1.26 bits per heavy atom. The van der Waals surface area contributed by atoms with Crippen molar-refractivity contribution in [2.24, 2.45) is 0 Å². The lowest BCUT2D eigenvalue weighted by molar-refractivity contribution is 0.0213. The van der Waals surface area contributed by atoms with Gasteiger partial charge in [-0.3, -0.25) is 4.90 Å². The number of rotatable bonds is 6. The molecule has 1 atom stereocenters. The van der Waals surface area contributed by atoms with E-state index in [-0.39, 0.29) is 6.04 Å². The van der Waals surface area contributed by atoms with Crippen molar-refractivity contribution in [1.82, 2.24) is 9.62 Å². The standard InChI is InChI=1S/C16H26N2O4S/c1-12-9-15(21-4)10-13(2)16(12)23(19,20)17-11-14(3)18-5-7-22-8-6-18/h9-10,14,17H,5-8,11H2,1-4H3. The normalized spacial score (nSPS) is 17.9. The first-order valence-electron chi connectivity index (χ1n) is 7.82. The van der Waals surface area contributed by atoms with E-state index in [9.17, 15) is 8.42 Å². The van der Waals surface area contributed by atoms with Crippen molar-refractivity contribution >= 4 is 10.0 Å². The SMILES string of the molecule is COc1cc(C)c(S(=O)(=O)NCC(C)N2CCOCC2)c(C)c1. The van der Waals surface area contributed by atoms with Gasteiger partial charge in [0.2, 0.25) is 10.0 Å². The summed E-state index contributed by atoms with van der Waals surface area (Å²) >= 11 is 0. The highest BCUT2D eigenvalue weighted by Crippen LogP contribution is 2.25. The lowest BCUT2D eigenvalue weighted by Crippen LogP contribution is -2.47. The van der Waals surface area contributed by atoms with Gasteiger partial charge >= 0.3 is 0 Å². The number of nitrogens with one attached hydrogen (secondary N) is 1. The van der Waals surface area contributed by atoms with Crippen LogP contribution in [-0.4, -0.2) is 59.3 Å². The summed E-state index contributed by atoms with van der Waals surface area (Å²) in [5.74, 6) is 0.667. The van der Waals surface area contributed by atoms with Crippen LogP contribution in [0.1, 0.15) is 18.1 Å². The monoisotopic (exact) mass is 342 g/mol. The van der Waals surface area contributed by atoms with Crippen molar-refractivity contribution in [3.63, 3.8) is 0 Å². The molecule has 1 saturated heterocycles. The van der Waals surface area contributed by atoms with Crippen LogP contribution in [-0.2, 0) is 14.8 Å². The van der Waals surface area contributed by atoms with Gasteiger partial charge in [-0.05, 0) is 44.0 Å². The van der Waals surface area contributed by atoms with Crippen LogP contribution in [0.15, 0.2) is 17.0 Å². The van der Waals surface area contributed by atoms with Gasteiger partial charge in [0, 0.05) is 25.7 Å². The van der Waals surface area contributed by atoms with Gasteiger partial charge in [-0.15, -0.1) is 0 Å². The minimum atomic E-state index is -3.54. The van der Waals surface area contributed by atoms with E-state index >= 15 is 0 Å². The van der Waals surface area contributed by atoms with E-state index in [0.29, 0.717) is 41.5 Å². The summed E-state index contributed by atoms with van der Waals surface area (Å²) in [5, 5.41) is 0. The van der Waals surface area contributed by atoms with E-state index in [1.54, 1.807) is 33.1 Å². The highest BCUT2D eigenvalue weighted by molar-refractivity contribution is 7.89. The molecule has 1 unspecified atom stereocenters. The molecule has 1 aromatic rings. The fourth-order valence-corrected chi connectivity index (χ4v) is 4.47. The van der Waals surface area contributed by atoms with Crippen LogP contribution < -0.4 is 9.46 Å². The minimum absolute atomic E-state index is 0.132. The molecule has 130 valence electrons.